The molecule has 1 unspecified atom stereocenters. The first kappa shape index (κ1) is 21.4. The molecule has 5 N–H and O–H groups in total. The fraction of sp³-hybridized carbons (Fsp3) is 0.947. The molecular formula is C19H40N4O. The van der Waals surface area contributed by atoms with Crippen LogP contribution < -0.4 is 22.1 Å². The van der Waals surface area contributed by atoms with E-state index in [1.54, 1.807) is 0 Å². The minimum Gasteiger partial charge on any atom is -0.369 e. The van der Waals surface area contributed by atoms with Gasteiger partial charge in [0.1, 0.15) is 0 Å². The Morgan fingerprint density at radius 3 is 1.58 bits per heavy atom. The molecule has 1 aliphatic rings. The number of hydrogen-bond donors (Lipinski definition) is 4. The Morgan fingerprint density at radius 2 is 1.04 bits per heavy atom. The van der Waals surface area contributed by atoms with Crippen molar-refractivity contribution in [3.8, 4) is 0 Å². The molecule has 0 spiro atoms. The molecule has 0 aliphatic carbocycles. The van der Waals surface area contributed by atoms with Crippen LogP contribution in [0.5, 0.6) is 0 Å². The number of primary amides is 1. The standard InChI is InChI=1S/C19H40N4O/c20-19(24)18-14-11-9-7-5-3-1-2-4-6-8-10-12-16-21-23-22-17-13-15-18/h18,21-23H,1-17H2,(H2,20,24). The summed E-state index contributed by atoms with van der Waals surface area (Å²) in [6.07, 6.45) is 18.7. The Balaban J connectivity index is 2.21. The van der Waals surface area contributed by atoms with Crippen molar-refractivity contribution in [2.45, 2.75) is 96.3 Å². The second-order valence-electron chi connectivity index (χ2n) is 7.25. The molecule has 1 saturated heterocycles. The van der Waals surface area contributed by atoms with E-state index < -0.39 is 0 Å². The highest BCUT2D eigenvalue weighted by Gasteiger charge is 2.14. The van der Waals surface area contributed by atoms with E-state index in [1.165, 1.54) is 70.6 Å². The molecule has 1 fully saturated rings. The van der Waals surface area contributed by atoms with Crippen LogP contribution in [0.4, 0.5) is 0 Å². The number of rotatable bonds is 1. The predicted molar refractivity (Wildman–Crippen MR) is 101 cm³/mol. The first-order valence-corrected chi connectivity index (χ1v) is 10.3. The summed E-state index contributed by atoms with van der Waals surface area (Å²) in [6.45, 7) is 1.85. The molecule has 142 valence electrons. The summed E-state index contributed by atoms with van der Waals surface area (Å²) in [5, 5.41) is 0. The van der Waals surface area contributed by atoms with Gasteiger partial charge in [0.25, 0.3) is 0 Å². The normalized spacial score (nSPS) is 25.4. The van der Waals surface area contributed by atoms with Gasteiger partial charge in [-0.25, -0.2) is 10.9 Å². The van der Waals surface area contributed by atoms with Crippen LogP contribution in [0.3, 0.4) is 0 Å². The second-order valence-corrected chi connectivity index (χ2v) is 7.25. The molecule has 1 heterocycles. The third kappa shape index (κ3) is 12.7. The summed E-state index contributed by atoms with van der Waals surface area (Å²) in [5.41, 5.74) is 15.0. The smallest absolute Gasteiger partial charge is 0.220 e. The Morgan fingerprint density at radius 1 is 0.625 bits per heavy atom. The fourth-order valence-electron chi connectivity index (χ4n) is 3.43. The average Bonchev–Trinajstić information content (AvgIpc) is 2.57. The van der Waals surface area contributed by atoms with E-state index in [4.69, 9.17) is 5.73 Å². The Bertz CT molecular complexity index is 277. The van der Waals surface area contributed by atoms with Crippen LogP contribution >= 0.6 is 0 Å². The second kappa shape index (κ2) is 15.9. The number of carbonyl (C=O) groups is 1. The maximum atomic E-state index is 11.6. The molecule has 0 saturated carbocycles. The molecule has 0 bridgehead atoms. The molecule has 1 atom stereocenters. The Hall–Kier alpha value is -0.650. The van der Waals surface area contributed by atoms with E-state index in [1.807, 2.05) is 0 Å². The van der Waals surface area contributed by atoms with Gasteiger partial charge in [-0.1, -0.05) is 70.6 Å². The van der Waals surface area contributed by atoms with Crippen molar-refractivity contribution in [3.63, 3.8) is 0 Å². The lowest BCUT2D eigenvalue weighted by Crippen LogP contribution is -2.44. The zero-order valence-electron chi connectivity index (χ0n) is 15.6. The summed E-state index contributed by atoms with van der Waals surface area (Å²) in [5.74, 6) is -0.0756. The molecule has 0 aromatic rings. The minimum atomic E-state index is -0.125. The van der Waals surface area contributed by atoms with E-state index in [9.17, 15) is 4.79 Å². The van der Waals surface area contributed by atoms with Gasteiger partial charge >= 0.3 is 0 Å². The molecule has 5 heteroatoms. The zero-order chi connectivity index (χ0) is 17.3. The summed E-state index contributed by atoms with van der Waals surface area (Å²) in [6, 6.07) is 0. The summed E-state index contributed by atoms with van der Waals surface area (Å²) in [4.78, 5) is 11.6. The molecule has 1 aliphatic heterocycles. The largest absolute Gasteiger partial charge is 0.369 e. The number of carbonyl (C=O) groups excluding carboxylic acids is 1. The molecule has 1 rings (SSSR count). The lowest BCUT2D eigenvalue weighted by Gasteiger charge is -2.14. The van der Waals surface area contributed by atoms with Crippen molar-refractivity contribution in [1.82, 2.24) is 16.4 Å². The van der Waals surface area contributed by atoms with Crippen LogP contribution in [0, 0.1) is 5.92 Å². The lowest BCUT2D eigenvalue weighted by atomic mass is 9.95. The van der Waals surface area contributed by atoms with Crippen LogP contribution in [0.1, 0.15) is 96.3 Å². The van der Waals surface area contributed by atoms with Gasteiger partial charge in [0.15, 0.2) is 0 Å². The highest BCUT2D eigenvalue weighted by molar-refractivity contribution is 5.76. The van der Waals surface area contributed by atoms with Gasteiger partial charge in [-0.3, -0.25) is 4.79 Å². The highest BCUT2D eigenvalue weighted by atomic mass is 16.1. The number of nitrogens with one attached hydrogen (secondary N) is 3. The van der Waals surface area contributed by atoms with Gasteiger partial charge in [-0.2, -0.15) is 5.53 Å². The highest BCUT2D eigenvalue weighted by Crippen LogP contribution is 2.17. The van der Waals surface area contributed by atoms with Crippen molar-refractivity contribution in [2.75, 3.05) is 13.1 Å². The lowest BCUT2D eigenvalue weighted by molar-refractivity contribution is -0.122. The maximum absolute atomic E-state index is 11.6. The zero-order valence-corrected chi connectivity index (χ0v) is 15.6. The molecule has 24 heavy (non-hydrogen) atoms. The Kier molecular flexibility index (Phi) is 14.1. The van der Waals surface area contributed by atoms with Crippen LogP contribution in [-0.2, 0) is 4.79 Å². The number of hydrogen-bond acceptors (Lipinski definition) is 4. The molecular weight excluding hydrogens is 300 g/mol. The third-order valence-corrected chi connectivity index (χ3v) is 5.04. The van der Waals surface area contributed by atoms with Gasteiger partial charge < -0.3 is 5.73 Å². The van der Waals surface area contributed by atoms with Gasteiger partial charge in [0.2, 0.25) is 5.91 Å². The van der Waals surface area contributed by atoms with Crippen molar-refractivity contribution in [2.24, 2.45) is 11.7 Å². The topological polar surface area (TPSA) is 79.2 Å². The third-order valence-electron chi connectivity index (χ3n) is 5.04. The van der Waals surface area contributed by atoms with Crippen molar-refractivity contribution < 1.29 is 4.79 Å². The van der Waals surface area contributed by atoms with Crippen LogP contribution in [0.2, 0.25) is 0 Å². The van der Waals surface area contributed by atoms with E-state index in [2.05, 4.69) is 16.4 Å². The van der Waals surface area contributed by atoms with E-state index in [0.29, 0.717) is 0 Å². The molecule has 1 amide bonds. The monoisotopic (exact) mass is 340 g/mol. The fourth-order valence-corrected chi connectivity index (χ4v) is 3.43. The average molecular weight is 341 g/mol. The van der Waals surface area contributed by atoms with Gasteiger partial charge in [-0.05, 0) is 25.7 Å². The van der Waals surface area contributed by atoms with Crippen LogP contribution in [0.15, 0.2) is 0 Å². The summed E-state index contributed by atoms with van der Waals surface area (Å²) in [7, 11) is 0. The number of amides is 1. The van der Waals surface area contributed by atoms with Crippen LogP contribution in [-0.4, -0.2) is 19.0 Å². The minimum absolute atomic E-state index is 0.0499. The first-order valence-electron chi connectivity index (χ1n) is 10.3. The maximum Gasteiger partial charge on any atom is 0.220 e. The summed E-state index contributed by atoms with van der Waals surface area (Å²) < 4.78 is 0. The van der Waals surface area contributed by atoms with Crippen molar-refractivity contribution in [3.05, 3.63) is 0 Å². The van der Waals surface area contributed by atoms with Crippen molar-refractivity contribution >= 4 is 5.91 Å². The first-order chi connectivity index (χ1) is 11.8. The van der Waals surface area contributed by atoms with Crippen LogP contribution in [0.25, 0.3) is 0 Å². The van der Waals surface area contributed by atoms with E-state index in [0.717, 1.165) is 38.8 Å². The van der Waals surface area contributed by atoms with E-state index >= 15 is 0 Å². The SMILES string of the molecule is NC(=O)C1CCCCCCCCCCCCCCNNNCCC1. The summed E-state index contributed by atoms with van der Waals surface area (Å²) >= 11 is 0. The quantitative estimate of drug-likeness (QED) is 0.588. The van der Waals surface area contributed by atoms with Crippen molar-refractivity contribution in [1.29, 1.82) is 0 Å². The number of nitrogens with two attached hydrogens (primary N) is 1. The molecule has 5 nitrogen and oxygen atoms in total. The van der Waals surface area contributed by atoms with Gasteiger partial charge in [0.05, 0.1) is 0 Å². The number of hydrazine groups is 2. The van der Waals surface area contributed by atoms with E-state index in [-0.39, 0.29) is 11.8 Å². The van der Waals surface area contributed by atoms with Gasteiger partial charge in [-0.15, -0.1) is 0 Å². The molecule has 0 aromatic carbocycles. The molecule has 0 aromatic heterocycles. The Labute approximate surface area is 148 Å². The predicted octanol–water partition coefficient (Wildman–Crippen LogP) is 3.55. The molecule has 0 radical (unpaired) electrons. The van der Waals surface area contributed by atoms with Gasteiger partial charge in [0, 0.05) is 19.0 Å².